The molecule has 1 aliphatic heterocycles. The third-order valence-corrected chi connectivity index (χ3v) is 5.52. The van der Waals surface area contributed by atoms with Gasteiger partial charge in [-0.25, -0.2) is 0 Å². The molecule has 0 unspecified atom stereocenters. The van der Waals surface area contributed by atoms with Gasteiger partial charge in [0, 0.05) is 11.3 Å². The van der Waals surface area contributed by atoms with Crippen LogP contribution < -0.4 is 10.2 Å². The van der Waals surface area contributed by atoms with Crippen molar-refractivity contribution in [1.82, 2.24) is 4.90 Å². The highest BCUT2D eigenvalue weighted by Gasteiger charge is 2.22. The van der Waals surface area contributed by atoms with E-state index in [1.54, 1.807) is 16.2 Å². The average molecular weight is 347 g/mol. The van der Waals surface area contributed by atoms with E-state index < -0.39 is 0 Å². The van der Waals surface area contributed by atoms with Crippen molar-refractivity contribution in [2.24, 2.45) is 0 Å². The number of rotatable bonds is 3. The van der Waals surface area contributed by atoms with Gasteiger partial charge < -0.3 is 15.1 Å². The van der Waals surface area contributed by atoms with Gasteiger partial charge in [-0.05, 0) is 60.1 Å². The number of nitrogens with one attached hydrogen (secondary N) is 2. The van der Waals surface area contributed by atoms with Crippen LogP contribution in [0.4, 0.5) is 5.69 Å². The summed E-state index contributed by atoms with van der Waals surface area (Å²) in [5, 5.41) is 8.70. The van der Waals surface area contributed by atoms with Crippen LogP contribution in [0.25, 0.3) is 0 Å². The summed E-state index contributed by atoms with van der Waals surface area (Å²) in [5.41, 5.74) is 5.07. The molecule has 0 atom stereocenters. The van der Waals surface area contributed by atoms with Crippen LogP contribution in [0, 0.1) is 13.8 Å². The van der Waals surface area contributed by atoms with Crippen molar-refractivity contribution in [2.45, 2.75) is 20.4 Å². The normalized spacial score (nSPS) is 15.7. The lowest BCUT2D eigenvalue weighted by Gasteiger charge is -2.34. The minimum Gasteiger partial charge on any atom is -0.338 e. The fraction of sp³-hybridized carbons (Fsp3) is 0.389. The van der Waals surface area contributed by atoms with E-state index in [1.165, 1.54) is 16.7 Å². The van der Waals surface area contributed by atoms with Gasteiger partial charge >= 0.3 is 0 Å². The molecule has 23 heavy (non-hydrogen) atoms. The largest absolute Gasteiger partial charge is 0.338 e. The van der Waals surface area contributed by atoms with E-state index >= 15 is 0 Å². The van der Waals surface area contributed by atoms with Crippen LogP contribution in [0.2, 0.25) is 0 Å². The molecule has 0 bridgehead atoms. The lowest BCUT2D eigenvalue weighted by atomic mass is 10.1. The van der Waals surface area contributed by atoms with Crippen molar-refractivity contribution < 1.29 is 4.90 Å². The molecular formula is C18H24N3S2+. The minimum absolute atomic E-state index is 0.855. The summed E-state index contributed by atoms with van der Waals surface area (Å²) in [5.74, 6) is 0. The van der Waals surface area contributed by atoms with Crippen LogP contribution >= 0.6 is 23.6 Å². The highest BCUT2D eigenvalue weighted by Crippen LogP contribution is 2.17. The summed E-state index contributed by atoms with van der Waals surface area (Å²) >= 11 is 7.40. The molecule has 1 saturated heterocycles. The lowest BCUT2D eigenvalue weighted by molar-refractivity contribution is -0.917. The predicted octanol–water partition coefficient (Wildman–Crippen LogP) is 2.46. The van der Waals surface area contributed by atoms with Gasteiger partial charge in [0.1, 0.15) is 6.54 Å². The molecule has 0 saturated carbocycles. The first-order chi connectivity index (χ1) is 11.1. The topological polar surface area (TPSA) is 19.7 Å². The molecule has 0 aliphatic carbocycles. The number of hydrogen-bond donors (Lipinski definition) is 2. The van der Waals surface area contributed by atoms with E-state index in [0.717, 1.165) is 43.5 Å². The number of nitrogens with zero attached hydrogens (tertiary/aromatic N) is 1. The zero-order valence-electron chi connectivity index (χ0n) is 13.8. The Morgan fingerprint density at radius 2 is 2.04 bits per heavy atom. The first-order valence-electron chi connectivity index (χ1n) is 8.09. The van der Waals surface area contributed by atoms with Crippen LogP contribution in [-0.2, 0) is 6.54 Å². The van der Waals surface area contributed by atoms with E-state index in [1.807, 2.05) is 0 Å². The highest BCUT2D eigenvalue weighted by molar-refractivity contribution is 7.80. The molecule has 3 nitrogen and oxygen atoms in total. The maximum atomic E-state index is 5.62. The Morgan fingerprint density at radius 3 is 2.74 bits per heavy atom. The van der Waals surface area contributed by atoms with Gasteiger partial charge in [-0.3, -0.25) is 0 Å². The molecular weight excluding hydrogens is 322 g/mol. The lowest BCUT2D eigenvalue weighted by Crippen LogP contribution is -3.13. The quantitative estimate of drug-likeness (QED) is 0.833. The molecule has 122 valence electrons. The van der Waals surface area contributed by atoms with Crippen LogP contribution in [-0.4, -0.2) is 36.2 Å². The highest BCUT2D eigenvalue weighted by atomic mass is 32.1. The number of benzene rings is 1. The number of thiocarbonyl (C=S) groups is 1. The Kier molecular flexibility index (Phi) is 5.30. The molecule has 0 spiro atoms. The second kappa shape index (κ2) is 7.43. The molecule has 2 heterocycles. The van der Waals surface area contributed by atoms with Crippen LogP contribution in [0.5, 0.6) is 0 Å². The molecule has 2 N–H and O–H groups in total. The van der Waals surface area contributed by atoms with Crippen molar-refractivity contribution in [2.75, 3.05) is 31.5 Å². The smallest absolute Gasteiger partial charge is 0.173 e. The van der Waals surface area contributed by atoms with Gasteiger partial charge in [-0.15, -0.1) is 0 Å². The Morgan fingerprint density at radius 1 is 1.26 bits per heavy atom. The standard InChI is InChI=1S/C18H23N3S2/c1-14-3-4-15(2)17(11-14)19-18(22)21-8-6-20(7-9-21)12-16-5-10-23-13-16/h3-5,10-11,13H,6-9,12H2,1-2H3,(H,19,22)/p+1. The third-order valence-electron chi connectivity index (χ3n) is 4.43. The summed E-state index contributed by atoms with van der Waals surface area (Å²) in [6.07, 6.45) is 0. The molecule has 0 radical (unpaired) electrons. The van der Waals surface area contributed by atoms with Gasteiger partial charge in [0.2, 0.25) is 0 Å². The number of quaternary nitrogens is 1. The van der Waals surface area contributed by atoms with Crippen molar-refractivity contribution in [1.29, 1.82) is 0 Å². The molecule has 5 heteroatoms. The molecule has 1 aromatic heterocycles. The van der Waals surface area contributed by atoms with E-state index in [-0.39, 0.29) is 0 Å². The van der Waals surface area contributed by atoms with E-state index in [0.29, 0.717) is 0 Å². The van der Waals surface area contributed by atoms with Crippen molar-refractivity contribution in [3.05, 3.63) is 51.7 Å². The van der Waals surface area contributed by atoms with E-state index in [2.05, 4.69) is 59.1 Å². The molecule has 1 aliphatic rings. The Balaban J connectivity index is 1.53. The Bertz CT molecular complexity index is 659. The van der Waals surface area contributed by atoms with Gasteiger partial charge in [0.05, 0.1) is 26.2 Å². The number of anilines is 1. The summed E-state index contributed by atoms with van der Waals surface area (Å²) in [6, 6.07) is 8.68. The predicted molar refractivity (Wildman–Crippen MR) is 102 cm³/mol. The van der Waals surface area contributed by atoms with Gasteiger partial charge in [0.15, 0.2) is 5.11 Å². The van der Waals surface area contributed by atoms with Crippen molar-refractivity contribution in [3.63, 3.8) is 0 Å². The molecule has 3 rings (SSSR count). The summed E-state index contributed by atoms with van der Waals surface area (Å²) in [6.45, 7) is 9.70. The Labute approximate surface area is 147 Å². The average Bonchev–Trinajstić information content (AvgIpc) is 3.04. The summed E-state index contributed by atoms with van der Waals surface area (Å²) in [7, 11) is 0. The maximum Gasteiger partial charge on any atom is 0.173 e. The zero-order valence-corrected chi connectivity index (χ0v) is 15.4. The molecule has 0 amide bonds. The Hall–Kier alpha value is -1.43. The maximum absolute atomic E-state index is 5.62. The van der Waals surface area contributed by atoms with Crippen LogP contribution in [0.15, 0.2) is 35.0 Å². The molecule has 1 fully saturated rings. The first-order valence-corrected chi connectivity index (χ1v) is 9.45. The van der Waals surface area contributed by atoms with Crippen LogP contribution in [0.1, 0.15) is 16.7 Å². The second-order valence-corrected chi connectivity index (χ2v) is 7.46. The number of piperazine rings is 1. The van der Waals surface area contributed by atoms with Crippen LogP contribution in [0.3, 0.4) is 0 Å². The SMILES string of the molecule is Cc1ccc(C)c(NC(=S)N2CC[NH+](Cc3ccsc3)CC2)c1. The summed E-state index contributed by atoms with van der Waals surface area (Å²) in [4.78, 5) is 3.95. The zero-order chi connectivity index (χ0) is 16.2. The molecule has 1 aromatic carbocycles. The van der Waals surface area contributed by atoms with Gasteiger partial charge in [-0.1, -0.05) is 12.1 Å². The fourth-order valence-electron chi connectivity index (χ4n) is 2.95. The third kappa shape index (κ3) is 4.31. The van der Waals surface area contributed by atoms with Crippen molar-refractivity contribution >= 4 is 34.4 Å². The summed E-state index contributed by atoms with van der Waals surface area (Å²) < 4.78 is 0. The van der Waals surface area contributed by atoms with Gasteiger partial charge in [0.25, 0.3) is 0 Å². The minimum atomic E-state index is 0.855. The number of thiophene rings is 1. The molecule has 2 aromatic rings. The fourth-order valence-corrected chi connectivity index (χ4v) is 3.91. The second-order valence-electron chi connectivity index (χ2n) is 6.29. The number of aryl methyl sites for hydroxylation is 2. The van der Waals surface area contributed by atoms with E-state index in [9.17, 15) is 0 Å². The van der Waals surface area contributed by atoms with Crippen molar-refractivity contribution in [3.8, 4) is 0 Å². The first kappa shape index (κ1) is 16.4. The van der Waals surface area contributed by atoms with Gasteiger partial charge in [-0.2, -0.15) is 11.3 Å². The van der Waals surface area contributed by atoms with E-state index in [4.69, 9.17) is 12.2 Å². The monoisotopic (exact) mass is 346 g/mol. The number of hydrogen-bond acceptors (Lipinski definition) is 2.